The molecule has 0 saturated carbocycles. The molecule has 1 amide bonds. The molecule has 0 fully saturated rings. The Morgan fingerprint density at radius 1 is 1.12 bits per heavy atom. The van der Waals surface area contributed by atoms with Gasteiger partial charge in [-0.25, -0.2) is 4.79 Å². The van der Waals surface area contributed by atoms with Crippen molar-refractivity contribution in [3.8, 4) is 0 Å². The Bertz CT molecular complexity index is 456. The van der Waals surface area contributed by atoms with Crippen LogP contribution in [0.5, 0.6) is 0 Å². The van der Waals surface area contributed by atoms with E-state index in [1.54, 1.807) is 20.8 Å². The Kier molecular flexibility index (Phi) is 12.7. The maximum atomic E-state index is 12.7. The first-order valence-electron chi connectivity index (χ1n) is 7.17. The highest BCUT2D eigenvalue weighted by atomic mass is 31.2. The summed E-state index contributed by atoms with van der Waals surface area (Å²) < 4.78 is 60.2. The molecule has 0 bridgehead atoms. The first-order chi connectivity index (χ1) is 11.4. The maximum absolute atomic E-state index is 12.7. The lowest BCUT2D eigenvalue weighted by molar-refractivity contribution is -0.192. The first-order valence-corrected chi connectivity index (χ1v) is 8.94. The second-order valence-electron chi connectivity index (χ2n) is 4.32. The minimum atomic E-state index is -5.08. The summed E-state index contributed by atoms with van der Waals surface area (Å²) in [5, 5.41) is 7.12. The summed E-state index contributed by atoms with van der Waals surface area (Å²) in [6.07, 6.45) is -5.33. The molecule has 2 atom stereocenters. The lowest BCUT2D eigenvalue weighted by atomic mass is 10.4. The van der Waals surface area contributed by atoms with Crippen LogP contribution in [0.15, 0.2) is 0 Å². The van der Waals surface area contributed by atoms with Crippen LogP contribution in [-0.2, 0) is 28.2 Å². The molecule has 1 unspecified atom stereocenters. The molecular formula is C12H24F3N2O7P. The molecule has 0 aromatic heterocycles. The average molecular weight is 396 g/mol. The van der Waals surface area contributed by atoms with Crippen LogP contribution in [0.25, 0.3) is 0 Å². The number of carbonyl (C=O) groups excluding carboxylic acids is 1. The fourth-order valence-electron chi connectivity index (χ4n) is 1.39. The Hall–Kier alpha value is -1.20. The van der Waals surface area contributed by atoms with Gasteiger partial charge in [0, 0.05) is 13.2 Å². The van der Waals surface area contributed by atoms with Crippen LogP contribution in [0.1, 0.15) is 27.2 Å². The van der Waals surface area contributed by atoms with E-state index in [4.69, 9.17) is 35.4 Å². The molecule has 25 heavy (non-hydrogen) atoms. The first kappa shape index (κ1) is 26.0. The number of amides is 1. The number of alkyl halides is 3. The van der Waals surface area contributed by atoms with Gasteiger partial charge in [0.1, 0.15) is 0 Å². The summed E-state index contributed by atoms with van der Waals surface area (Å²) in [5.74, 6) is -4.43. The van der Waals surface area contributed by atoms with Gasteiger partial charge in [0.05, 0.1) is 18.8 Å². The van der Waals surface area contributed by atoms with Gasteiger partial charge in [-0.1, -0.05) is 0 Å². The summed E-state index contributed by atoms with van der Waals surface area (Å²) >= 11 is 0. The van der Waals surface area contributed by atoms with Crippen molar-refractivity contribution in [1.82, 2.24) is 0 Å². The van der Waals surface area contributed by atoms with Crippen LogP contribution < -0.4 is 11.5 Å². The number of primary amides is 1. The number of halogens is 3. The Balaban J connectivity index is 0. The maximum Gasteiger partial charge on any atom is 0.490 e. The van der Waals surface area contributed by atoms with E-state index in [-0.39, 0.29) is 13.0 Å². The molecule has 0 aromatic carbocycles. The van der Waals surface area contributed by atoms with Gasteiger partial charge in [-0.2, -0.15) is 13.2 Å². The summed E-state index contributed by atoms with van der Waals surface area (Å²) in [7, 11) is -3.47. The number of carboxylic acid groups (broad SMARTS) is 1. The van der Waals surface area contributed by atoms with Gasteiger partial charge in [0.2, 0.25) is 11.9 Å². The van der Waals surface area contributed by atoms with E-state index in [9.17, 15) is 22.5 Å². The summed E-state index contributed by atoms with van der Waals surface area (Å²) in [6, 6.07) is -1.07. The van der Waals surface area contributed by atoms with E-state index in [0.29, 0.717) is 13.2 Å². The van der Waals surface area contributed by atoms with Crippen molar-refractivity contribution < 1.29 is 46.4 Å². The molecule has 150 valence electrons. The molecule has 13 heteroatoms. The third kappa shape index (κ3) is 10.4. The van der Waals surface area contributed by atoms with E-state index >= 15 is 0 Å². The number of aliphatic carboxylic acids is 1. The van der Waals surface area contributed by atoms with Crippen LogP contribution in [0.3, 0.4) is 0 Å². The molecule has 0 aliphatic rings. The second-order valence-corrected chi connectivity index (χ2v) is 6.96. The molecule has 0 aliphatic carbocycles. The molecule has 0 rings (SSSR count). The van der Waals surface area contributed by atoms with Crippen molar-refractivity contribution in [2.45, 2.75) is 45.2 Å². The number of carbonyl (C=O) groups is 2. The highest BCUT2D eigenvalue weighted by Crippen LogP contribution is 2.56. The number of ether oxygens (including phenoxy) is 2. The zero-order chi connectivity index (χ0) is 20.3. The molecule has 0 radical (unpaired) electrons. The Morgan fingerprint density at radius 3 is 1.76 bits per heavy atom. The minimum Gasteiger partial charge on any atom is -0.475 e. The van der Waals surface area contributed by atoms with E-state index in [1.807, 2.05) is 0 Å². The lowest BCUT2D eigenvalue weighted by Gasteiger charge is -2.30. The molecule has 0 heterocycles. The SMILES string of the molecule is CCOC(OCC)P(=O)(OCC)[C@@H](N)CC(N)=O.O=C(O)C(F)(F)F. The van der Waals surface area contributed by atoms with Crippen LogP contribution in [0.4, 0.5) is 13.2 Å². The molecular weight excluding hydrogens is 372 g/mol. The van der Waals surface area contributed by atoms with E-state index < -0.39 is 37.2 Å². The average Bonchev–Trinajstić information content (AvgIpc) is 2.46. The molecule has 0 saturated heterocycles. The second kappa shape index (κ2) is 12.2. The minimum absolute atomic E-state index is 0.181. The Morgan fingerprint density at radius 2 is 1.52 bits per heavy atom. The molecule has 9 nitrogen and oxygen atoms in total. The monoisotopic (exact) mass is 396 g/mol. The van der Waals surface area contributed by atoms with Crippen LogP contribution in [-0.4, -0.2) is 54.8 Å². The quantitative estimate of drug-likeness (QED) is 0.371. The van der Waals surface area contributed by atoms with Crippen LogP contribution >= 0.6 is 7.37 Å². The van der Waals surface area contributed by atoms with Crippen molar-refractivity contribution in [2.75, 3.05) is 19.8 Å². The highest BCUT2D eigenvalue weighted by molar-refractivity contribution is 7.60. The number of hydrogen-bond donors (Lipinski definition) is 3. The van der Waals surface area contributed by atoms with Gasteiger partial charge < -0.3 is 30.6 Å². The van der Waals surface area contributed by atoms with Gasteiger partial charge in [0.15, 0.2) is 0 Å². The standard InChI is InChI=1S/C10H23N2O5P.C2HF3O2/c1-4-15-10(16-5-2)18(14,17-6-3)9(12)7-8(11)13;3-2(4,5)1(6)7/h9-10H,4-7,12H2,1-3H3,(H2,11,13);(H,6,7)/t9-,18?;/m1./s1. The van der Waals surface area contributed by atoms with Crippen LogP contribution in [0, 0.1) is 0 Å². The van der Waals surface area contributed by atoms with E-state index in [1.165, 1.54) is 0 Å². The van der Waals surface area contributed by atoms with Crippen LogP contribution in [0.2, 0.25) is 0 Å². The number of hydrogen-bond acceptors (Lipinski definition) is 7. The smallest absolute Gasteiger partial charge is 0.475 e. The Labute approximate surface area is 143 Å². The van der Waals surface area contributed by atoms with E-state index in [0.717, 1.165) is 0 Å². The lowest BCUT2D eigenvalue weighted by Crippen LogP contribution is -2.34. The topological polar surface area (TPSA) is 151 Å². The van der Waals surface area contributed by atoms with Gasteiger partial charge in [-0.15, -0.1) is 0 Å². The summed E-state index contributed by atoms with van der Waals surface area (Å²) in [6.45, 7) is 5.93. The van der Waals surface area contributed by atoms with Crippen molar-refractivity contribution >= 4 is 19.2 Å². The van der Waals surface area contributed by atoms with Gasteiger partial charge in [-0.3, -0.25) is 9.36 Å². The fraction of sp³-hybridized carbons (Fsp3) is 0.833. The van der Waals surface area contributed by atoms with Crippen molar-refractivity contribution in [3.63, 3.8) is 0 Å². The zero-order valence-corrected chi connectivity index (χ0v) is 15.0. The third-order valence-corrected chi connectivity index (χ3v) is 5.01. The van der Waals surface area contributed by atoms with Gasteiger partial charge in [0.25, 0.3) is 7.37 Å². The van der Waals surface area contributed by atoms with Gasteiger partial charge >= 0.3 is 12.1 Å². The largest absolute Gasteiger partial charge is 0.490 e. The van der Waals surface area contributed by atoms with Crippen molar-refractivity contribution in [2.24, 2.45) is 11.5 Å². The molecule has 0 spiro atoms. The number of rotatable bonds is 10. The predicted molar refractivity (Wildman–Crippen MR) is 81.8 cm³/mol. The van der Waals surface area contributed by atoms with Crippen molar-refractivity contribution in [3.05, 3.63) is 0 Å². The fourth-order valence-corrected chi connectivity index (χ4v) is 3.57. The zero-order valence-electron chi connectivity index (χ0n) is 14.1. The van der Waals surface area contributed by atoms with E-state index in [2.05, 4.69) is 0 Å². The number of carboxylic acids is 1. The third-order valence-electron chi connectivity index (χ3n) is 2.36. The highest BCUT2D eigenvalue weighted by Gasteiger charge is 2.42. The summed E-state index contributed by atoms with van der Waals surface area (Å²) in [4.78, 5) is 19.8. The van der Waals surface area contributed by atoms with Crippen molar-refractivity contribution in [1.29, 1.82) is 0 Å². The molecule has 0 aromatic rings. The van der Waals surface area contributed by atoms with Gasteiger partial charge in [-0.05, 0) is 20.8 Å². The molecule has 5 N–H and O–H groups in total. The number of nitrogens with two attached hydrogens (primary N) is 2. The predicted octanol–water partition coefficient (Wildman–Crippen LogP) is 1.45. The summed E-state index contributed by atoms with van der Waals surface area (Å²) in [5.41, 5.74) is 10.8. The normalized spacial score (nSPS) is 15.0. The molecule has 0 aliphatic heterocycles.